The third-order valence-electron chi connectivity index (χ3n) is 1.56. The van der Waals surface area contributed by atoms with Gasteiger partial charge in [-0.05, 0) is 28.1 Å². The molecule has 0 saturated carbocycles. The molecule has 5 heteroatoms. The molecule has 0 aromatic carbocycles. The first-order valence-electron chi connectivity index (χ1n) is 4.23. The van der Waals surface area contributed by atoms with Crippen LogP contribution in [-0.2, 0) is 0 Å². The third-order valence-corrected chi connectivity index (χ3v) is 3.89. The van der Waals surface area contributed by atoms with Crippen LogP contribution in [0.5, 0.6) is 0 Å². The molecule has 0 fully saturated rings. The van der Waals surface area contributed by atoms with E-state index in [0.29, 0.717) is 0 Å². The van der Waals surface area contributed by atoms with Crippen LogP contribution in [0.25, 0.3) is 11.0 Å². The molecule has 0 aliphatic heterocycles. The lowest BCUT2D eigenvalue weighted by Gasteiger charge is -1.93. The third kappa shape index (κ3) is 2.43. The van der Waals surface area contributed by atoms with Crippen molar-refractivity contribution in [1.29, 1.82) is 0 Å². The number of nitrogens with zero attached hydrogens (tertiary/aromatic N) is 2. The van der Waals surface area contributed by atoms with Crippen LogP contribution in [0.1, 0.15) is 13.8 Å². The van der Waals surface area contributed by atoms with Gasteiger partial charge in [-0.15, -0.1) is 0 Å². The summed E-state index contributed by atoms with van der Waals surface area (Å²) < 4.78 is 3.12. The fraction of sp³-hybridized carbons (Fsp3) is 0.222. The average Bonchev–Trinajstić information content (AvgIpc) is 2.59. The number of hydrogen-bond donors (Lipinski definition) is 0. The molecule has 0 spiro atoms. The van der Waals surface area contributed by atoms with Crippen molar-refractivity contribution in [3.63, 3.8) is 0 Å². The predicted molar refractivity (Wildman–Crippen MR) is 75.8 cm³/mol. The molecule has 2 nitrogen and oxygen atoms in total. The van der Waals surface area contributed by atoms with Crippen molar-refractivity contribution in [1.82, 2.24) is 8.96 Å². The Morgan fingerprint density at radius 2 is 2.21 bits per heavy atom. The second-order valence-electron chi connectivity index (χ2n) is 2.25. The maximum atomic E-state index is 4.28. The maximum absolute atomic E-state index is 4.28. The van der Waals surface area contributed by atoms with Crippen LogP contribution in [0.2, 0.25) is 0 Å². The van der Waals surface area contributed by atoms with Gasteiger partial charge in [0.25, 0.3) is 0 Å². The van der Waals surface area contributed by atoms with Crippen molar-refractivity contribution in [2.75, 3.05) is 0 Å². The SMILES string of the molecule is Brc1cn(SI)c2ncccc12.CC. The highest BCUT2D eigenvalue weighted by atomic mass is 127. The smallest absolute Gasteiger partial charge is 0.151 e. The zero-order chi connectivity index (χ0) is 10.6. The van der Waals surface area contributed by atoms with E-state index in [2.05, 4.69) is 48.2 Å². The summed E-state index contributed by atoms with van der Waals surface area (Å²) in [5.41, 5.74) is 1.00. The number of pyridine rings is 1. The van der Waals surface area contributed by atoms with Crippen LogP contribution in [0.3, 0.4) is 0 Å². The summed E-state index contributed by atoms with van der Waals surface area (Å²) >= 11 is 5.71. The summed E-state index contributed by atoms with van der Waals surface area (Å²) in [7, 11) is 1.61. The Hall–Kier alpha value is 0.250. The fourth-order valence-electron chi connectivity index (χ4n) is 1.05. The van der Waals surface area contributed by atoms with Gasteiger partial charge in [-0.25, -0.2) is 4.98 Å². The van der Waals surface area contributed by atoms with E-state index in [1.165, 1.54) is 0 Å². The lowest BCUT2D eigenvalue weighted by Crippen LogP contribution is -1.81. The van der Waals surface area contributed by atoms with Crippen molar-refractivity contribution in [3.8, 4) is 0 Å². The van der Waals surface area contributed by atoms with E-state index in [1.54, 1.807) is 15.3 Å². The predicted octanol–water partition coefficient (Wildman–Crippen LogP) is 4.67. The molecule has 2 aromatic rings. The lowest BCUT2D eigenvalue weighted by atomic mass is 10.3. The van der Waals surface area contributed by atoms with E-state index in [1.807, 2.05) is 30.1 Å². The summed E-state index contributed by atoms with van der Waals surface area (Å²) in [6.45, 7) is 4.00. The number of halogens is 2. The second-order valence-corrected chi connectivity index (χ2v) is 4.81. The van der Waals surface area contributed by atoms with E-state index in [4.69, 9.17) is 0 Å². The van der Waals surface area contributed by atoms with E-state index >= 15 is 0 Å². The van der Waals surface area contributed by atoms with Crippen LogP contribution in [0.15, 0.2) is 29.0 Å². The Morgan fingerprint density at radius 3 is 2.86 bits per heavy atom. The molecule has 0 aliphatic rings. The van der Waals surface area contributed by atoms with Crippen molar-refractivity contribution in [3.05, 3.63) is 29.0 Å². The fourth-order valence-corrected chi connectivity index (χ4v) is 2.95. The van der Waals surface area contributed by atoms with Gasteiger partial charge in [0.1, 0.15) is 0 Å². The summed E-state index contributed by atoms with van der Waals surface area (Å²) in [5.74, 6) is 0. The first-order chi connectivity index (χ1) is 6.83. The van der Waals surface area contributed by atoms with E-state index in [-0.39, 0.29) is 0 Å². The normalized spacial score (nSPS) is 9.71. The van der Waals surface area contributed by atoms with Crippen molar-refractivity contribution in [2.45, 2.75) is 13.8 Å². The molecular formula is C9H10BrIN2S. The zero-order valence-corrected chi connectivity index (χ0v) is 12.4. The summed E-state index contributed by atoms with van der Waals surface area (Å²) in [4.78, 5) is 4.28. The van der Waals surface area contributed by atoms with Gasteiger partial charge < -0.3 is 0 Å². The quantitative estimate of drug-likeness (QED) is 0.665. The van der Waals surface area contributed by atoms with Crippen molar-refractivity contribution < 1.29 is 0 Å². The van der Waals surface area contributed by atoms with Gasteiger partial charge in [-0.1, -0.05) is 13.8 Å². The van der Waals surface area contributed by atoms with Crippen molar-refractivity contribution >= 4 is 57.3 Å². The molecule has 2 aromatic heterocycles. The van der Waals surface area contributed by atoms with E-state index in [9.17, 15) is 0 Å². The van der Waals surface area contributed by atoms with Gasteiger partial charge in [0.2, 0.25) is 0 Å². The largest absolute Gasteiger partial charge is 0.265 e. The van der Waals surface area contributed by atoms with E-state index in [0.717, 1.165) is 15.5 Å². The first-order valence-corrected chi connectivity index (χ1v) is 8.34. The van der Waals surface area contributed by atoms with Crippen LogP contribution >= 0.6 is 46.3 Å². The standard InChI is InChI=1S/C7H4BrIN2S.C2H6/c8-6-4-11(12-9)7-5(6)2-1-3-10-7;1-2/h1-4H;1-2H3. The summed E-state index contributed by atoms with van der Waals surface area (Å²) in [6, 6.07) is 3.99. The average molecular weight is 385 g/mol. The Balaban J connectivity index is 0.000000461. The van der Waals surface area contributed by atoms with Gasteiger partial charge in [0.05, 0.1) is 0 Å². The molecule has 0 bridgehead atoms. The number of fused-ring (bicyclic) bond motifs is 1. The zero-order valence-electron chi connectivity index (χ0n) is 7.87. The maximum Gasteiger partial charge on any atom is 0.151 e. The monoisotopic (exact) mass is 384 g/mol. The number of rotatable bonds is 1. The minimum absolute atomic E-state index is 1.00. The molecule has 2 rings (SSSR count). The van der Waals surface area contributed by atoms with Gasteiger partial charge in [-0.3, -0.25) is 3.97 Å². The molecule has 0 unspecified atom stereocenters. The van der Waals surface area contributed by atoms with E-state index < -0.39 is 0 Å². The minimum atomic E-state index is 1.00. The van der Waals surface area contributed by atoms with Crippen molar-refractivity contribution in [2.24, 2.45) is 0 Å². The number of aromatic nitrogens is 2. The van der Waals surface area contributed by atoms with Gasteiger partial charge in [0, 0.05) is 52.6 Å². The molecule has 0 radical (unpaired) electrons. The molecule has 0 aliphatic carbocycles. The first kappa shape index (κ1) is 12.3. The van der Waals surface area contributed by atoms with Crippen LogP contribution in [-0.4, -0.2) is 8.96 Å². The number of hydrogen-bond acceptors (Lipinski definition) is 2. The highest BCUT2D eigenvalue weighted by Crippen LogP contribution is 2.29. The topological polar surface area (TPSA) is 17.8 Å². The molecule has 0 saturated heterocycles. The van der Waals surface area contributed by atoms with Gasteiger partial charge >= 0.3 is 0 Å². The van der Waals surface area contributed by atoms with Gasteiger partial charge in [-0.2, -0.15) is 0 Å². The molecule has 2 heterocycles. The Bertz CT molecular complexity index is 416. The second kappa shape index (κ2) is 5.97. The Morgan fingerprint density at radius 1 is 1.50 bits per heavy atom. The lowest BCUT2D eigenvalue weighted by molar-refractivity contribution is 1.27. The Kier molecular flexibility index (Phi) is 5.25. The molecule has 14 heavy (non-hydrogen) atoms. The highest BCUT2D eigenvalue weighted by Gasteiger charge is 2.05. The molecular weight excluding hydrogens is 375 g/mol. The Labute approximate surface area is 108 Å². The molecule has 0 amide bonds. The molecule has 76 valence electrons. The minimum Gasteiger partial charge on any atom is -0.265 e. The highest BCUT2D eigenvalue weighted by molar-refractivity contribution is 14.2. The van der Waals surface area contributed by atoms with Crippen LogP contribution < -0.4 is 0 Å². The van der Waals surface area contributed by atoms with Gasteiger partial charge in [0.15, 0.2) is 5.65 Å². The van der Waals surface area contributed by atoms with Crippen LogP contribution in [0, 0.1) is 0 Å². The summed E-state index contributed by atoms with van der Waals surface area (Å²) in [6.07, 6.45) is 3.83. The van der Waals surface area contributed by atoms with Crippen LogP contribution in [0.4, 0.5) is 0 Å². The summed E-state index contributed by atoms with van der Waals surface area (Å²) in [5, 5.41) is 1.15. The molecule has 0 atom stereocenters. The molecule has 0 N–H and O–H groups in total.